The predicted molar refractivity (Wildman–Crippen MR) is 74.1 cm³/mol. The molecule has 19 heavy (non-hydrogen) atoms. The van der Waals surface area contributed by atoms with Crippen molar-refractivity contribution in [1.82, 2.24) is 4.31 Å². The van der Waals surface area contributed by atoms with Crippen molar-refractivity contribution in [3.05, 3.63) is 35.4 Å². The van der Waals surface area contributed by atoms with Crippen molar-refractivity contribution in [3.8, 4) is 0 Å². The molecule has 1 atom stereocenters. The second-order valence-electron chi connectivity index (χ2n) is 4.55. The second kappa shape index (κ2) is 7.00. The van der Waals surface area contributed by atoms with Crippen molar-refractivity contribution in [3.63, 3.8) is 0 Å². The molecular weight excluding hydrogens is 266 g/mol. The molecule has 0 saturated carbocycles. The Morgan fingerprint density at radius 2 is 2.00 bits per heavy atom. The molecular formula is C13H21NO4S. The summed E-state index contributed by atoms with van der Waals surface area (Å²) in [5.74, 6) is -0.0780. The summed E-state index contributed by atoms with van der Waals surface area (Å²) in [7, 11) is -0.294. The number of aliphatic hydroxyl groups excluding tert-OH is 1. The van der Waals surface area contributed by atoms with Gasteiger partial charge in [0.05, 0.1) is 19.0 Å². The predicted octanol–water partition coefficient (Wildman–Crippen LogP) is 0.975. The van der Waals surface area contributed by atoms with Crippen LogP contribution in [0.4, 0.5) is 0 Å². The smallest absolute Gasteiger partial charge is 0.218 e. The summed E-state index contributed by atoms with van der Waals surface area (Å²) in [6.07, 6.45) is 0. The van der Waals surface area contributed by atoms with Gasteiger partial charge in [-0.2, -0.15) is 4.31 Å². The fourth-order valence-corrected chi connectivity index (χ4v) is 3.16. The zero-order valence-electron chi connectivity index (χ0n) is 11.5. The molecule has 6 heteroatoms. The maximum atomic E-state index is 12.2. The molecule has 0 fully saturated rings. The lowest BCUT2D eigenvalue weighted by atomic mass is 10.1. The molecule has 1 N–H and O–H groups in total. The number of rotatable bonds is 7. The summed E-state index contributed by atoms with van der Waals surface area (Å²) >= 11 is 0. The van der Waals surface area contributed by atoms with Crippen LogP contribution in [0.1, 0.15) is 18.1 Å². The molecule has 0 saturated heterocycles. The topological polar surface area (TPSA) is 66.8 Å². The number of hydrogen-bond acceptors (Lipinski definition) is 4. The van der Waals surface area contributed by atoms with Gasteiger partial charge in [0.1, 0.15) is 0 Å². The maximum absolute atomic E-state index is 12.2. The summed E-state index contributed by atoms with van der Waals surface area (Å²) in [5.41, 5.74) is 1.38. The third kappa shape index (κ3) is 4.58. The first-order valence-electron chi connectivity index (χ1n) is 6.04. The highest BCUT2D eigenvalue weighted by atomic mass is 32.2. The Hall–Kier alpha value is -0.950. The minimum Gasteiger partial charge on any atom is -0.392 e. The fraction of sp³-hybridized carbons (Fsp3) is 0.538. The van der Waals surface area contributed by atoms with Gasteiger partial charge in [-0.3, -0.25) is 0 Å². The lowest BCUT2D eigenvalue weighted by Gasteiger charge is -2.23. The van der Waals surface area contributed by atoms with Crippen LogP contribution in [-0.2, 0) is 27.1 Å². The molecule has 0 spiro atoms. The highest BCUT2D eigenvalue weighted by Gasteiger charge is 2.23. The molecule has 0 amide bonds. The molecule has 0 aliphatic rings. The van der Waals surface area contributed by atoms with Crippen molar-refractivity contribution in [2.75, 3.05) is 20.8 Å². The zero-order valence-corrected chi connectivity index (χ0v) is 12.4. The SMILES string of the molecule is COCC(C)N(C)S(=O)(=O)Cc1cccc(CO)c1. The minimum absolute atomic E-state index is 0.0780. The first kappa shape index (κ1) is 16.1. The van der Waals surface area contributed by atoms with Crippen LogP contribution < -0.4 is 0 Å². The quantitative estimate of drug-likeness (QED) is 0.811. The Morgan fingerprint density at radius 3 is 2.58 bits per heavy atom. The van der Waals surface area contributed by atoms with Crippen LogP contribution in [0.3, 0.4) is 0 Å². The number of methoxy groups -OCH3 is 1. The first-order chi connectivity index (χ1) is 8.90. The maximum Gasteiger partial charge on any atom is 0.218 e. The van der Waals surface area contributed by atoms with Gasteiger partial charge in [0.2, 0.25) is 10.0 Å². The molecule has 1 rings (SSSR count). The average Bonchev–Trinajstić information content (AvgIpc) is 2.37. The Kier molecular flexibility index (Phi) is 5.93. The Morgan fingerprint density at radius 1 is 1.37 bits per heavy atom. The number of ether oxygens (including phenoxy) is 1. The van der Waals surface area contributed by atoms with E-state index < -0.39 is 10.0 Å². The molecule has 0 bridgehead atoms. The van der Waals surface area contributed by atoms with Gasteiger partial charge in [-0.25, -0.2) is 8.42 Å². The number of benzene rings is 1. The van der Waals surface area contributed by atoms with Crippen molar-refractivity contribution in [2.24, 2.45) is 0 Å². The highest BCUT2D eigenvalue weighted by molar-refractivity contribution is 7.88. The molecule has 1 aromatic carbocycles. The monoisotopic (exact) mass is 287 g/mol. The van der Waals surface area contributed by atoms with E-state index >= 15 is 0 Å². The van der Waals surface area contributed by atoms with E-state index in [1.54, 1.807) is 45.3 Å². The van der Waals surface area contributed by atoms with Crippen LogP contribution in [0, 0.1) is 0 Å². The first-order valence-corrected chi connectivity index (χ1v) is 7.65. The van der Waals surface area contributed by atoms with Crippen LogP contribution in [0.15, 0.2) is 24.3 Å². The molecule has 0 radical (unpaired) electrons. The molecule has 0 aromatic heterocycles. The van der Waals surface area contributed by atoms with Gasteiger partial charge in [0.15, 0.2) is 0 Å². The van der Waals surface area contributed by atoms with Crippen LogP contribution in [0.2, 0.25) is 0 Å². The van der Waals surface area contributed by atoms with E-state index in [0.29, 0.717) is 17.7 Å². The van der Waals surface area contributed by atoms with Crippen molar-refractivity contribution in [2.45, 2.75) is 25.3 Å². The van der Waals surface area contributed by atoms with Gasteiger partial charge in [0, 0.05) is 20.2 Å². The molecule has 1 unspecified atom stereocenters. The van der Waals surface area contributed by atoms with Gasteiger partial charge >= 0.3 is 0 Å². The fourth-order valence-electron chi connectivity index (χ4n) is 1.75. The summed E-state index contributed by atoms with van der Waals surface area (Å²) in [4.78, 5) is 0. The zero-order chi connectivity index (χ0) is 14.5. The molecule has 0 aliphatic carbocycles. The van der Waals surface area contributed by atoms with E-state index in [9.17, 15) is 8.42 Å². The largest absolute Gasteiger partial charge is 0.392 e. The third-order valence-corrected chi connectivity index (χ3v) is 4.93. The number of likely N-dealkylation sites (N-methyl/N-ethyl adjacent to an activating group) is 1. The van der Waals surface area contributed by atoms with Crippen molar-refractivity contribution in [1.29, 1.82) is 0 Å². The van der Waals surface area contributed by atoms with E-state index in [-0.39, 0.29) is 18.4 Å². The number of hydrogen-bond donors (Lipinski definition) is 1. The lowest BCUT2D eigenvalue weighted by molar-refractivity contribution is 0.149. The summed E-state index contributed by atoms with van der Waals surface area (Å²) in [6, 6.07) is 6.73. The van der Waals surface area contributed by atoms with Gasteiger partial charge < -0.3 is 9.84 Å². The Bertz CT molecular complexity index is 501. The Balaban J connectivity index is 2.83. The number of aliphatic hydroxyl groups is 1. The van der Waals surface area contributed by atoms with Gasteiger partial charge in [-0.1, -0.05) is 24.3 Å². The highest BCUT2D eigenvalue weighted by Crippen LogP contribution is 2.14. The van der Waals surface area contributed by atoms with Crippen LogP contribution in [0.25, 0.3) is 0 Å². The standard InChI is InChI=1S/C13H21NO4S/c1-11(9-18-3)14(2)19(16,17)10-13-6-4-5-12(7-13)8-15/h4-7,11,15H,8-10H2,1-3H3. The molecule has 5 nitrogen and oxygen atoms in total. The number of sulfonamides is 1. The molecule has 0 heterocycles. The van der Waals surface area contributed by atoms with Crippen LogP contribution in [0.5, 0.6) is 0 Å². The van der Waals surface area contributed by atoms with E-state index in [2.05, 4.69) is 0 Å². The van der Waals surface area contributed by atoms with E-state index in [0.717, 1.165) is 0 Å². The van der Waals surface area contributed by atoms with Crippen LogP contribution in [-0.4, -0.2) is 44.6 Å². The molecule has 0 aliphatic heterocycles. The van der Waals surface area contributed by atoms with E-state index in [1.165, 1.54) is 4.31 Å². The van der Waals surface area contributed by atoms with Crippen LogP contribution >= 0.6 is 0 Å². The van der Waals surface area contributed by atoms with Crippen molar-refractivity contribution >= 4 is 10.0 Å². The average molecular weight is 287 g/mol. The third-order valence-electron chi connectivity index (χ3n) is 2.99. The lowest BCUT2D eigenvalue weighted by Crippen LogP contribution is -2.38. The van der Waals surface area contributed by atoms with Gasteiger partial charge in [0.25, 0.3) is 0 Å². The van der Waals surface area contributed by atoms with E-state index in [1.807, 2.05) is 0 Å². The van der Waals surface area contributed by atoms with Gasteiger partial charge in [-0.15, -0.1) is 0 Å². The Labute approximate surface area is 114 Å². The van der Waals surface area contributed by atoms with Crippen molar-refractivity contribution < 1.29 is 18.3 Å². The summed E-state index contributed by atoms with van der Waals surface area (Å²) < 4.78 is 30.7. The molecule has 108 valence electrons. The normalized spacial score (nSPS) is 13.7. The summed E-state index contributed by atoms with van der Waals surface area (Å²) in [6.45, 7) is 2.06. The molecule has 1 aromatic rings. The van der Waals surface area contributed by atoms with E-state index in [4.69, 9.17) is 9.84 Å². The minimum atomic E-state index is -3.39. The second-order valence-corrected chi connectivity index (χ2v) is 6.58. The number of nitrogens with zero attached hydrogens (tertiary/aromatic N) is 1. The van der Waals surface area contributed by atoms with Gasteiger partial charge in [-0.05, 0) is 18.1 Å². The summed E-state index contributed by atoms with van der Waals surface area (Å²) in [5, 5.41) is 9.05.